The maximum absolute atomic E-state index is 7.55. The Morgan fingerprint density at radius 3 is 2.42 bits per heavy atom. The van der Waals surface area contributed by atoms with Gasteiger partial charge in [0.2, 0.25) is 0 Å². The molecule has 0 radical (unpaired) electrons. The maximum Gasteiger partial charge on any atom is 0.0925 e. The minimum Gasteiger partial charge on any atom is -0.361 e. The molecular formula is C10H20N2. The van der Waals surface area contributed by atoms with E-state index in [0.29, 0.717) is 11.9 Å². The zero-order chi connectivity index (χ0) is 9.14. The molecule has 0 spiro atoms. The first-order valence-electron chi connectivity index (χ1n) is 4.91. The molecule has 1 saturated carbocycles. The second-order valence-electron chi connectivity index (χ2n) is 4.03. The van der Waals surface area contributed by atoms with Crippen molar-refractivity contribution in [1.82, 2.24) is 4.90 Å². The van der Waals surface area contributed by atoms with E-state index in [0.717, 1.165) is 5.92 Å². The summed E-state index contributed by atoms with van der Waals surface area (Å²) in [6, 6.07) is 0.622. The summed E-state index contributed by atoms with van der Waals surface area (Å²) in [6.45, 7) is 4.19. The van der Waals surface area contributed by atoms with Crippen molar-refractivity contribution in [2.75, 3.05) is 7.05 Å². The molecule has 0 heterocycles. The Labute approximate surface area is 75.5 Å². The van der Waals surface area contributed by atoms with Crippen LogP contribution in [-0.4, -0.2) is 23.8 Å². The van der Waals surface area contributed by atoms with Gasteiger partial charge in [-0.25, -0.2) is 0 Å². The Kier molecular flexibility index (Phi) is 3.12. The van der Waals surface area contributed by atoms with Gasteiger partial charge in [-0.15, -0.1) is 0 Å². The van der Waals surface area contributed by atoms with Crippen LogP contribution in [0, 0.1) is 11.3 Å². The molecule has 0 aromatic heterocycles. The standard InChI is InChI=1S/C10H20N2/c1-8-6-4-5-7-10(8)12(3)9(2)11/h8,10-11H,4-7H2,1-3H3. The van der Waals surface area contributed by atoms with Gasteiger partial charge >= 0.3 is 0 Å². The fourth-order valence-corrected chi connectivity index (χ4v) is 2.12. The molecular weight excluding hydrogens is 148 g/mol. The highest BCUT2D eigenvalue weighted by Crippen LogP contribution is 2.27. The van der Waals surface area contributed by atoms with Crippen LogP contribution in [-0.2, 0) is 0 Å². The number of rotatable bonds is 1. The van der Waals surface area contributed by atoms with Crippen LogP contribution in [0.3, 0.4) is 0 Å². The summed E-state index contributed by atoms with van der Waals surface area (Å²) in [6.07, 6.45) is 5.32. The maximum atomic E-state index is 7.55. The van der Waals surface area contributed by atoms with Gasteiger partial charge in [0.05, 0.1) is 5.84 Å². The van der Waals surface area contributed by atoms with Gasteiger partial charge in [0, 0.05) is 13.1 Å². The predicted octanol–water partition coefficient (Wildman–Crippen LogP) is 2.49. The van der Waals surface area contributed by atoms with E-state index >= 15 is 0 Å². The molecule has 0 aliphatic heterocycles. The zero-order valence-electron chi connectivity index (χ0n) is 8.43. The summed E-state index contributed by atoms with van der Waals surface area (Å²) in [4.78, 5) is 2.13. The van der Waals surface area contributed by atoms with E-state index in [2.05, 4.69) is 18.9 Å². The van der Waals surface area contributed by atoms with Crippen molar-refractivity contribution < 1.29 is 0 Å². The lowest BCUT2D eigenvalue weighted by Gasteiger charge is -2.36. The topological polar surface area (TPSA) is 27.1 Å². The van der Waals surface area contributed by atoms with Gasteiger partial charge in [0.1, 0.15) is 0 Å². The van der Waals surface area contributed by atoms with E-state index < -0.39 is 0 Å². The van der Waals surface area contributed by atoms with E-state index in [-0.39, 0.29) is 0 Å². The highest BCUT2D eigenvalue weighted by Gasteiger charge is 2.24. The molecule has 0 amide bonds. The lowest BCUT2D eigenvalue weighted by atomic mass is 9.85. The summed E-state index contributed by atoms with van der Waals surface area (Å²) in [7, 11) is 2.05. The van der Waals surface area contributed by atoms with Crippen LogP contribution in [0.1, 0.15) is 39.5 Å². The van der Waals surface area contributed by atoms with Gasteiger partial charge in [-0.1, -0.05) is 19.8 Å². The van der Waals surface area contributed by atoms with Crippen molar-refractivity contribution in [3.63, 3.8) is 0 Å². The van der Waals surface area contributed by atoms with Crippen LogP contribution in [0.5, 0.6) is 0 Å². The van der Waals surface area contributed by atoms with Crippen molar-refractivity contribution in [3.8, 4) is 0 Å². The average Bonchev–Trinajstić information content (AvgIpc) is 2.04. The second-order valence-corrected chi connectivity index (χ2v) is 4.03. The van der Waals surface area contributed by atoms with Crippen molar-refractivity contribution in [1.29, 1.82) is 5.41 Å². The average molecular weight is 168 g/mol. The van der Waals surface area contributed by atoms with Crippen LogP contribution in [0.4, 0.5) is 0 Å². The molecule has 2 heteroatoms. The predicted molar refractivity (Wildman–Crippen MR) is 52.6 cm³/mol. The summed E-state index contributed by atoms with van der Waals surface area (Å²) in [5.74, 6) is 1.47. The molecule has 2 nitrogen and oxygen atoms in total. The third-order valence-corrected chi connectivity index (χ3v) is 3.09. The molecule has 0 aromatic rings. The molecule has 1 N–H and O–H groups in total. The summed E-state index contributed by atoms with van der Waals surface area (Å²) >= 11 is 0. The normalized spacial score (nSPS) is 29.9. The molecule has 1 aliphatic carbocycles. The van der Waals surface area contributed by atoms with Gasteiger partial charge in [-0.05, 0) is 25.7 Å². The summed E-state index contributed by atoms with van der Waals surface area (Å²) < 4.78 is 0. The zero-order valence-corrected chi connectivity index (χ0v) is 8.43. The van der Waals surface area contributed by atoms with Gasteiger partial charge in [-0.3, -0.25) is 5.41 Å². The van der Waals surface area contributed by atoms with E-state index in [9.17, 15) is 0 Å². The number of nitrogens with zero attached hydrogens (tertiary/aromatic N) is 1. The number of hydrogen-bond donors (Lipinski definition) is 1. The molecule has 0 saturated heterocycles. The Bertz CT molecular complexity index is 165. The molecule has 2 unspecified atom stereocenters. The lowest BCUT2D eigenvalue weighted by Crippen LogP contribution is -2.41. The van der Waals surface area contributed by atoms with Gasteiger partial charge in [-0.2, -0.15) is 0 Å². The van der Waals surface area contributed by atoms with Gasteiger partial charge in [0.15, 0.2) is 0 Å². The molecule has 0 bridgehead atoms. The van der Waals surface area contributed by atoms with E-state index in [1.54, 1.807) is 0 Å². The summed E-state index contributed by atoms with van der Waals surface area (Å²) in [5.41, 5.74) is 0. The van der Waals surface area contributed by atoms with Crippen molar-refractivity contribution in [2.24, 2.45) is 5.92 Å². The number of hydrogen-bond acceptors (Lipinski definition) is 1. The first-order chi connectivity index (χ1) is 5.63. The molecule has 1 rings (SSSR count). The van der Waals surface area contributed by atoms with Crippen molar-refractivity contribution in [2.45, 2.75) is 45.6 Å². The SMILES string of the molecule is CC(=N)N(C)C1CCCCC1C. The van der Waals surface area contributed by atoms with Crippen molar-refractivity contribution in [3.05, 3.63) is 0 Å². The lowest BCUT2D eigenvalue weighted by molar-refractivity contribution is 0.204. The third kappa shape index (κ3) is 1.99. The van der Waals surface area contributed by atoms with Gasteiger partial charge in [0.25, 0.3) is 0 Å². The number of nitrogens with one attached hydrogen (secondary N) is 1. The molecule has 0 aromatic carbocycles. The van der Waals surface area contributed by atoms with E-state index in [4.69, 9.17) is 5.41 Å². The van der Waals surface area contributed by atoms with Crippen LogP contribution in [0.25, 0.3) is 0 Å². The fraction of sp³-hybridized carbons (Fsp3) is 0.900. The highest BCUT2D eigenvalue weighted by atomic mass is 15.2. The molecule has 1 aliphatic rings. The van der Waals surface area contributed by atoms with Crippen LogP contribution in [0.2, 0.25) is 0 Å². The smallest absolute Gasteiger partial charge is 0.0925 e. The molecule has 1 fully saturated rings. The van der Waals surface area contributed by atoms with Crippen LogP contribution in [0.15, 0.2) is 0 Å². The molecule has 2 atom stereocenters. The quantitative estimate of drug-likeness (QED) is 0.472. The van der Waals surface area contributed by atoms with E-state index in [1.807, 2.05) is 6.92 Å². The van der Waals surface area contributed by atoms with Crippen LogP contribution >= 0.6 is 0 Å². The Balaban J connectivity index is 2.53. The first kappa shape index (κ1) is 9.56. The third-order valence-electron chi connectivity index (χ3n) is 3.09. The Morgan fingerprint density at radius 1 is 1.33 bits per heavy atom. The Morgan fingerprint density at radius 2 is 1.92 bits per heavy atom. The van der Waals surface area contributed by atoms with Crippen LogP contribution < -0.4 is 0 Å². The number of amidine groups is 1. The highest BCUT2D eigenvalue weighted by molar-refractivity contribution is 5.76. The molecule has 70 valence electrons. The summed E-state index contributed by atoms with van der Waals surface area (Å²) in [5, 5.41) is 7.55. The first-order valence-corrected chi connectivity index (χ1v) is 4.91. The minimum absolute atomic E-state index is 0.622. The Hall–Kier alpha value is -0.530. The fourth-order valence-electron chi connectivity index (χ4n) is 2.12. The van der Waals surface area contributed by atoms with Gasteiger partial charge < -0.3 is 4.90 Å². The second kappa shape index (κ2) is 3.92. The molecule has 12 heavy (non-hydrogen) atoms. The van der Waals surface area contributed by atoms with E-state index in [1.165, 1.54) is 25.7 Å². The van der Waals surface area contributed by atoms with Crippen molar-refractivity contribution >= 4 is 5.84 Å². The minimum atomic E-state index is 0.622. The largest absolute Gasteiger partial charge is 0.361 e. The monoisotopic (exact) mass is 168 g/mol.